The summed E-state index contributed by atoms with van der Waals surface area (Å²) in [6.45, 7) is 3.30. The lowest BCUT2D eigenvalue weighted by Gasteiger charge is -2.25. The van der Waals surface area contributed by atoms with Gasteiger partial charge in [0.25, 0.3) is 0 Å². The maximum atomic E-state index is 11.9. The summed E-state index contributed by atoms with van der Waals surface area (Å²) >= 11 is 1.95. The largest absolute Gasteiger partial charge is 0.454 e. The number of amides is 1. The zero-order valence-electron chi connectivity index (χ0n) is 11.3. The normalized spacial score (nSPS) is 18.0. The van der Waals surface area contributed by atoms with Crippen molar-refractivity contribution >= 4 is 17.7 Å². The first-order chi connectivity index (χ1) is 9.81. The summed E-state index contributed by atoms with van der Waals surface area (Å²) in [4.78, 5) is 14.1. The van der Waals surface area contributed by atoms with E-state index in [0.29, 0.717) is 13.1 Å². The van der Waals surface area contributed by atoms with E-state index < -0.39 is 0 Å². The lowest BCUT2D eigenvalue weighted by atomic mass is 10.2. The second-order valence-corrected chi connectivity index (χ2v) is 6.08. The van der Waals surface area contributed by atoms with Crippen LogP contribution in [0.1, 0.15) is 5.56 Å². The maximum absolute atomic E-state index is 11.9. The van der Waals surface area contributed by atoms with E-state index in [9.17, 15) is 4.79 Å². The summed E-state index contributed by atoms with van der Waals surface area (Å²) in [5.74, 6) is 3.84. The number of nitrogens with zero attached hydrogens (tertiary/aromatic N) is 1. The fourth-order valence-electron chi connectivity index (χ4n) is 2.27. The first kappa shape index (κ1) is 13.6. The number of nitrogens with one attached hydrogen (secondary N) is 1. The number of carbonyl (C=O) groups excluding carboxylic acids is 1. The first-order valence-electron chi connectivity index (χ1n) is 6.76. The maximum Gasteiger partial charge on any atom is 0.234 e. The number of fused-ring (bicyclic) bond motifs is 1. The third-order valence-corrected chi connectivity index (χ3v) is 4.34. The Morgan fingerprint density at radius 2 is 2.05 bits per heavy atom. The van der Waals surface area contributed by atoms with E-state index >= 15 is 0 Å². The highest BCUT2D eigenvalue weighted by molar-refractivity contribution is 7.99. The molecule has 1 saturated heterocycles. The average molecular weight is 294 g/mol. The van der Waals surface area contributed by atoms with Crippen LogP contribution in [-0.4, -0.2) is 48.7 Å². The van der Waals surface area contributed by atoms with Crippen molar-refractivity contribution in [2.75, 3.05) is 37.9 Å². The number of thioether (sulfide) groups is 1. The van der Waals surface area contributed by atoms with E-state index in [2.05, 4.69) is 10.2 Å². The van der Waals surface area contributed by atoms with Crippen LogP contribution in [0.25, 0.3) is 0 Å². The van der Waals surface area contributed by atoms with Gasteiger partial charge in [-0.25, -0.2) is 0 Å². The molecule has 6 heteroatoms. The molecule has 1 aromatic carbocycles. The van der Waals surface area contributed by atoms with Gasteiger partial charge >= 0.3 is 0 Å². The quantitative estimate of drug-likeness (QED) is 0.900. The molecule has 108 valence electrons. The molecule has 1 N–H and O–H groups in total. The van der Waals surface area contributed by atoms with E-state index in [0.717, 1.165) is 41.7 Å². The molecular formula is C14H18N2O3S. The van der Waals surface area contributed by atoms with Gasteiger partial charge in [0.1, 0.15) is 0 Å². The summed E-state index contributed by atoms with van der Waals surface area (Å²) in [5.41, 5.74) is 1.02. The Hall–Kier alpha value is -1.40. The van der Waals surface area contributed by atoms with Crippen molar-refractivity contribution in [3.63, 3.8) is 0 Å². The SMILES string of the molecule is O=C(CN1CCSCC1)NCc1ccc2c(c1)OCO2. The summed E-state index contributed by atoms with van der Waals surface area (Å²) in [6, 6.07) is 5.75. The van der Waals surface area contributed by atoms with Crippen LogP contribution in [0.15, 0.2) is 18.2 Å². The molecule has 0 unspecified atom stereocenters. The molecule has 3 rings (SSSR count). The second-order valence-electron chi connectivity index (χ2n) is 4.85. The van der Waals surface area contributed by atoms with Gasteiger partial charge in [-0.3, -0.25) is 9.69 Å². The van der Waals surface area contributed by atoms with Crippen LogP contribution in [0.4, 0.5) is 0 Å². The van der Waals surface area contributed by atoms with Gasteiger partial charge in [-0.2, -0.15) is 11.8 Å². The predicted molar refractivity (Wildman–Crippen MR) is 78.2 cm³/mol. The van der Waals surface area contributed by atoms with E-state index in [1.165, 1.54) is 0 Å². The molecule has 0 bridgehead atoms. The first-order valence-corrected chi connectivity index (χ1v) is 7.92. The van der Waals surface area contributed by atoms with Crippen molar-refractivity contribution in [2.24, 2.45) is 0 Å². The molecule has 0 aromatic heterocycles. The van der Waals surface area contributed by atoms with Crippen molar-refractivity contribution in [1.82, 2.24) is 10.2 Å². The van der Waals surface area contributed by atoms with Crippen LogP contribution in [-0.2, 0) is 11.3 Å². The molecule has 0 spiro atoms. The summed E-state index contributed by atoms with van der Waals surface area (Å²) in [7, 11) is 0. The molecular weight excluding hydrogens is 276 g/mol. The number of ether oxygens (including phenoxy) is 2. The van der Waals surface area contributed by atoms with Crippen LogP contribution >= 0.6 is 11.8 Å². The Kier molecular flexibility index (Phi) is 4.32. The molecule has 2 heterocycles. The number of benzene rings is 1. The Bertz CT molecular complexity index is 489. The minimum Gasteiger partial charge on any atom is -0.454 e. The van der Waals surface area contributed by atoms with Crippen molar-refractivity contribution in [1.29, 1.82) is 0 Å². The van der Waals surface area contributed by atoms with Gasteiger partial charge in [0.05, 0.1) is 6.54 Å². The van der Waals surface area contributed by atoms with Gasteiger partial charge in [0.2, 0.25) is 12.7 Å². The van der Waals surface area contributed by atoms with Crippen LogP contribution in [0.2, 0.25) is 0 Å². The van der Waals surface area contributed by atoms with Crippen LogP contribution in [0, 0.1) is 0 Å². The lowest BCUT2D eigenvalue weighted by molar-refractivity contribution is -0.122. The van der Waals surface area contributed by atoms with Crippen molar-refractivity contribution in [2.45, 2.75) is 6.54 Å². The number of hydrogen-bond acceptors (Lipinski definition) is 5. The molecule has 1 amide bonds. The molecule has 5 nitrogen and oxygen atoms in total. The zero-order chi connectivity index (χ0) is 13.8. The fraction of sp³-hybridized carbons (Fsp3) is 0.500. The minimum absolute atomic E-state index is 0.0783. The fourth-order valence-corrected chi connectivity index (χ4v) is 3.25. The molecule has 20 heavy (non-hydrogen) atoms. The van der Waals surface area contributed by atoms with E-state index in [-0.39, 0.29) is 12.7 Å². The van der Waals surface area contributed by atoms with Gasteiger partial charge in [0, 0.05) is 31.1 Å². The highest BCUT2D eigenvalue weighted by atomic mass is 32.2. The smallest absolute Gasteiger partial charge is 0.234 e. The summed E-state index contributed by atoms with van der Waals surface area (Å²) < 4.78 is 10.6. The Balaban J connectivity index is 1.47. The van der Waals surface area contributed by atoms with Crippen molar-refractivity contribution in [3.8, 4) is 11.5 Å². The average Bonchev–Trinajstić information content (AvgIpc) is 2.93. The predicted octanol–water partition coefficient (Wildman–Crippen LogP) is 1.08. The number of rotatable bonds is 4. The minimum atomic E-state index is 0.0783. The lowest BCUT2D eigenvalue weighted by Crippen LogP contribution is -2.41. The number of carbonyl (C=O) groups is 1. The number of hydrogen-bond donors (Lipinski definition) is 1. The molecule has 0 radical (unpaired) electrons. The van der Waals surface area contributed by atoms with E-state index in [4.69, 9.17) is 9.47 Å². The van der Waals surface area contributed by atoms with Gasteiger partial charge in [0.15, 0.2) is 11.5 Å². The van der Waals surface area contributed by atoms with E-state index in [1.807, 2.05) is 30.0 Å². The van der Waals surface area contributed by atoms with E-state index in [1.54, 1.807) is 0 Å². The highest BCUT2D eigenvalue weighted by Gasteiger charge is 2.15. The second kappa shape index (κ2) is 6.37. The molecule has 2 aliphatic heterocycles. The monoisotopic (exact) mass is 294 g/mol. The molecule has 0 saturated carbocycles. The molecule has 2 aliphatic rings. The van der Waals surface area contributed by atoms with Crippen LogP contribution in [0.5, 0.6) is 11.5 Å². The zero-order valence-corrected chi connectivity index (χ0v) is 12.1. The van der Waals surface area contributed by atoms with Gasteiger partial charge in [-0.05, 0) is 17.7 Å². The third kappa shape index (κ3) is 3.37. The molecule has 0 aliphatic carbocycles. The topological polar surface area (TPSA) is 50.8 Å². The molecule has 0 atom stereocenters. The van der Waals surface area contributed by atoms with Crippen molar-refractivity contribution < 1.29 is 14.3 Å². The van der Waals surface area contributed by atoms with Crippen LogP contribution < -0.4 is 14.8 Å². The van der Waals surface area contributed by atoms with Gasteiger partial charge in [-0.1, -0.05) is 6.07 Å². The molecule has 1 fully saturated rings. The highest BCUT2D eigenvalue weighted by Crippen LogP contribution is 2.32. The van der Waals surface area contributed by atoms with Crippen molar-refractivity contribution in [3.05, 3.63) is 23.8 Å². The Morgan fingerprint density at radius 3 is 2.90 bits per heavy atom. The Morgan fingerprint density at radius 1 is 1.25 bits per heavy atom. The third-order valence-electron chi connectivity index (χ3n) is 3.40. The Labute approximate surface area is 122 Å². The van der Waals surface area contributed by atoms with Crippen LogP contribution in [0.3, 0.4) is 0 Å². The van der Waals surface area contributed by atoms with Gasteiger partial charge < -0.3 is 14.8 Å². The van der Waals surface area contributed by atoms with Gasteiger partial charge in [-0.15, -0.1) is 0 Å². The summed E-state index contributed by atoms with van der Waals surface area (Å²) in [5, 5.41) is 2.95. The summed E-state index contributed by atoms with van der Waals surface area (Å²) in [6.07, 6.45) is 0. The standard InChI is InChI=1S/C14H18N2O3S/c17-14(9-16-3-5-20-6-4-16)15-8-11-1-2-12-13(7-11)19-10-18-12/h1-2,7H,3-6,8-10H2,(H,15,17). The molecule has 1 aromatic rings.